The van der Waals surface area contributed by atoms with Crippen LogP contribution in [0.1, 0.15) is 58.0 Å². The van der Waals surface area contributed by atoms with Crippen LogP contribution in [0.15, 0.2) is 67.4 Å². The van der Waals surface area contributed by atoms with E-state index in [0.29, 0.717) is 6.04 Å². The van der Waals surface area contributed by atoms with Gasteiger partial charge in [0.25, 0.3) is 0 Å². The van der Waals surface area contributed by atoms with Crippen LogP contribution in [-0.4, -0.2) is 19.7 Å². The molecule has 0 bridgehead atoms. The molecule has 2 aromatic carbocycles. The third-order valence-electron chi connectivity index (χ3n) is 6.41. The lowest BCUT2D eigenvalue weighted by atomic mass is 9.92. The van der Waals surface area contributed by atoms with Gasteiger partial charge < -0.3 is 5.32 Å². The normalized spacial score (nSPS) is 14.9. The number of hydrogen-bond acceptors (Lipinski definition) is 4. The largest absolute Gasteiger partial charge is 0.306 e. The van der Waals surface area contributed by atoms with E-state index in [2.05, 4.69) is 94.3 Å². The minimum absolute atomic E-state index is 0.324. The second-order valence-corrected chi connectivity index (χ2v) is 8.58. The lowest BCUT2D eigenvalue weighted by molar-refractivity contribution is 0.454. The molecule has 0 saturated heterocycles. The molecular formula is C28H27N5. The zero-order valence-corrected chi connectivity index (χ0v) is 19.0. The highest BCUT2D eigenvalue weighted by atomic mass is 15.3. The maximum atomic E-state index is 4.78. The Balaban J connectivity index is 1.28. The molecule has 1 aliphatic carbocycles. The minimum atomic E-state index is 0.324. The lowest BCUT2D eigenvalue weighted by Gasteiger charge is -2.25. The Morgan fingerprint density at radius 2 is 1.76 bits per heavy atom. The Morgan fingerprint density at radius 1 is 0.970 bits per heavy atom. The SMILES string of the molecule is Cc1cccc(-n2ncc3c2CCCC3NCc2ccc(C#Cc3cncnc3)cc2)c1C. The summed E-state index contributed by atoms with van der Waals surface area (Å²) in [6.45, 7) is 5.16. The van der Waals surface area contributed by atoms with Crippen LogP contribution >= 0.6 is 0 Å². The molecule has 5 rings (SSSR count). The van der Waals surface area contributed by atoms with Crippen molar-refractivity contribution in [3.63, 3.8) is 0 Å². The first-order valence-electron chi connectivity index (χ1n) is 11.4. The van der Waals surface area contributed by atoms with Gasteiger partial charge in [-0.1, -0.05) is 36.1 Å². The van der Waals surface area contributed by atoms with Gasteiger partial charge in [0.05, 0.1) is 17.4 Å². The lowest BCUT2D eigenvalue weighted by Crippen LogP contribution is -2.25. The molecule has 4 aromatic rings. The molecule has 0 aliphatic heterocycles. The van der Waals surface area contributed by atoms with Crippen molar-refractivity contribution in [2.24, 2.45) is 0 Å². The first-order chi connectivity index (χ1) is 16.2. The second-order valence-electron chi connectivity index (χ2n) is 8.58. The molecule has 1 aliphatic rings. The maximum absolute atomic E-state index is 4.78. The van der Waals surface area contributed by atoms with Gasteiger partial charge in [-0.05, 0) is 68.0 Å². The topological polar surface area (TPSA) is 55.6 Å². The standard InChI is InChI=1S/C28H27N5/c1-20-5-3-7-27(21(20)2)33-28-8-4-6-26(25(28)18-32-33)31-17-23-12-9-22(10-13-23)11-14-24-15-29-19-30-16-24/h3,5,7,9-10,12-13,15-16,18-19,26,31H,4,6,8,17H2,1-2H3. The van der Waals surface area contributed by atoms with Gasteiger partial charge in [-0.15, -0.1) is 0 Å². The zero-order valence-electron chi connectivity index (χ0n) is 19.0. The van der Waals surface area contributed by atoms with Crippen LogP contribution in [0, 0.1) is 25.7 Å². The molecule has 0 fully saturated rings. The fourth-order valence-electron chi connectivity index (χ4n) is 4.40. The Bertz CT molecular complexity index is 1310. The first-order valence-corrected chi connectivity index (χ1v) is 11.4. The van der Waals surface area contributed by atoms with Crippen LogP contribution in [-0.2, 0) is 13.0 Å². The number of hydrogen-bond donors (Lipinski definition) is 1. The van der Waals surface area contributed by atoms with Crippen molar-refractivity contribution >= 4 is 0 Å². The summed E-state index contributed by atoms with van der Waals surface area (Å²) in [4.78, 5) is 7.99. The first kappa shape index (κ1) is 21.1. The van der Waals surface area contributed by atoms with Crippen LogP contribution in [0.25, 0.3) is 5.69 Å². The van der Waals surface area contributed by atoms with Crippen LogP contribution in [0.5, 0.6) is 0 Å². The monoisotopic (exact) mass is 433 g/mol. The summed E-state index contributed by atoms with van der Waals surface area (Å²) in [6, 6.07) is 15.2. The van der Waals surface area contributed by atoms with E-state index in [9.17, 15) is 0 Å². The van der Waals surface area contributed by atoms with E-state index in [1.54, 1.807) is 12.4 Å². The van der Waals surface area contributed by atoms with Crippen molar-refractivity contribution in [3.8, 4) is 17.5 Å². The molecule has 1 N–H and O–H groups in total. The highest BCUT2D eigenvalue weighted by molar-refractivity contribution is 5.47. The van der Waals surface area contributed by atoms with Gasteiger partial charge in [0.1, 0.15) is 6.33 Å². The second kappa shape index (κ2) is 9.40. The van der Waals surface area contributed by atoms with Gasteiger partial charge in [-0.25, -0.2) is 14.6 Å². The van der Waals surface area contributed by atoms with Crippen molar-refractivity contribution in [1.29, 1.82) is 0 Å². The summed E-state index contributed by atoms with van der Waals surface area (Å²) in [7, 11) is 0. The van der Waals surface area contributed by atoms with Gasteiger partial charge in [-0.2, -0.15) is 5.10 Å². The molecule has 5 heteroatoms. The predicted octanol–water partition coefficient (Wildman–Crippen LogP) is 4.85. The highest BCUT2D eigenvalue weighted by Crippen LogP contribution is 2.32. The summed E-state index contributed by atoms with van der Waals surface area (Å²) in [6.07, 6.45) is 10.4. The summed E-state index contributed by atoms with van der Waals surface area (Å²) < 4.78 is 2.15. The van der Waals surface area contributed by atoms with Gasteiger partial charge in [0, 0.05) is 41.8 Å². The van der Waals surface area contributed by atoms with E-state index in [1.165, 1.54) is 46.4 Å². The van der Waals surface area contributed by atoms with Crippen molar-refractivity contribution in [2.75, 3.05) is 0 Å². The van der Waals surface area contributed by atoms with Crippen LogP contribution in [0.2, 0.25) is 0 Å². The maximum Gasteiger partial charge on any atom is 0.115 e. The van der Waals surface area contributed by atoms with Gasteiger partial charge >= 0.3 is 0 Å². The molecule has 0 radical (unpaired) electrons. The van der Waals surface area contributed by atoms with Gasteiger partial charge in [-0.3, -0.25) is 0 Å². The van der Waals surface area contributed by atoms with E-state index in [0.717, 1.165) is 30.5 Å². The average molecular weight is 434 g/mol. The molecule has 1 atom stereocenters. The van der Waals surface area contributed by atoms with E-state index < -0.39 is 0 Å². The van der Waals surface area contributed by atoms with Crippen LogP contribution < -0.4 is 5.32 Å². The fourth-order valence-corrected chi connectivity index (χ4v) is 4.40. The highest BCUT2D eigenvalue weighted by Gasteiger charge is 2.25. The molecule has 164 valence electrons. The molecule has 2 heterocycles. The number of aryl methyl sites for hydroxylation is 1. The smallest absolute Gasteiger partial charge is 0.115 e. The average Bonchev–Trinajstić information content (AvgIpc) is 3.29. The third kappa shape index (κ3) is 4.57. The number of aromatic nitrogens is 4. The summed E-state index contributed by atoms with van der Waals surface area (Å²) in [5, 5.41) is 8.54. The van der Waals surface area contributed by atoms with Crippen molar-refractivity contribution in [3.05, 3.63) is 106 Å². The van der Waals surface area contributed by atoms with Gasteiger partial charge in [0.2, 0.25) is 0 Å². The number of fused-ring (bicyclic) bond motifs is 1. The number of nitrogens with zero attached hydrogens (tertiary/aromatic N) is 4. The van der Waals surface area contributed by atoms with Crippen LogP contribution in [0.4, 0.5) is 0 Å². The summed E-state index contributed by atoms with van der Waals surface area (Å²) >= 11 is 0. The van der Waals surface area contributed by atoms with Crippen molar-refractivity contribution < 1.29 is 0 Å². The number of benzene rings is 2. The van der Waals surface area contributed by atoms with Crippen molar-refractivity contribution in [2.45, 2.75) is 45.7 Å². The Hall–Kier alpha value is -3.75. The summed E-state index contributed by atoms with van der Waals surface area (Å²) in [5.74, 6) is 6.27. The number of nitrogens with one attached hydrogen (secondary N) is 1. The minimum Gasteiger partial charge on any atom is -0.306 e. The van der Waals surface area contributed by atoms with E-state index in [-0.39, 0.29) is 0 Å². The summed E-state index contributed by atoms with van der Waals surface area (Å²) in [5.41, 5.74) is 9.50. The molecule has 2 aromatic heterocycles. The molecule has 0 saturated carbocycles. The Labute approximate surface area is 194 Å². The molecule has 1 unspecified atom stereocenters. The molecule has 5 nitrogen and oxygen atoms in total. The molecule has 33 heavy (non-hydrogen) atoms. The molecular weight excluding hydrogens is 406 g/mol. The van der Waals surface area contributed by atoms with E-state index in [4.69, 9.17) is 5.10 Å². The van der Waals surface area contributed by atoms with Crippen LogP contribution in [0.3, 0.4) is 0 Å². The van der Waals surface area contributed by atoms with E-state index >= 15 is 0 Å². The third-order valence-corrected chi connectivity index (χ3v) is 6.41. The fraction of sp³-hybridized carbons (Fsp3) is 0.250. The number of rotatable bonds is 4. The Kier molecular flexibility index (Phi) is 6.01. The van der Waals surface area contributed by atoms with Crippen molar-refractivity contribution in [1.82, 2.24) is 25.1 Å². The van der Waals surface area contributed by atoms with Gasteiger partial charge in [0.15, 0.2) is 0 Å². The molecule has 0 amide bonds. The Morgan fingerprint density at radius 3 is 2.58 bits per heavy atom. The quantitative estimate of drug-likeness (QED) is 0.468. The predicted molar refractivity (Wildman–Crippen MR) is 130 cm³/mol. The molecule has 0 spiro atoms. The van der Waals surface area contributed by atoms with E-state index in [1.807, 2.05) is 0 Å². The zero-order chi connectivity index (χ0) is 22.6.